The highest BCUT2D eigenvalue weighted by molar-refractivity contribution is 6.39. The van der Waals surface area contributed by atoms with Crippen LogP contribution in [0.15, 0.2) is 48.6 Å². The van der Waals surface area contributed by atoms with Gasteiger partial charge in [0.25, 0.3) is 0 Å². The van der Waals surface area contributed by atoms with Gasteiger partial charge in [0.05, 0.1) is 30.3 Å². The van der Waals surface area contributed by atoms with Gasteiger partial charge in [0.1, 0.15) is 0 Å². The minimum atomic E-state index is -0.550. The van der Waals surface area contributed by atoms with E-state index in [1.807, 2.05) is 12.2 Å². The van der Waals surface area contributed by atoms with Gasteiger partial charge in [0.2, 0.25) is 0 Å². The van der Waals surface area contributed by atoms with E-state index in [1.54, 1.807) is 0 Å². The number of alkyl halides is 6. The maximum atomic E-state index is 7.09. The van der Waals surface area contributed by atoms with Crippen LogP contribution in [-0.4, -0.2) is 30.3 Å². The third-order valence-electron chi connectivity index (χ3n) is 8.53. The molecule has 0 radical (unpaired) electrons. The van der Waals surface area contributed by atoms with Crippen LogP contribution in [0.3, 0.4) is 0 Å². The molecule has 1 aromatic carbocycles. The van der Waals surface area contributed by atoms with Crippen LogP contribution in [-0.2, 0) is 0 Å². The molecule has 0 nitrogen and oxygen atoms in total. The van der Waals surface area contributed by atoms with E-state index in [0.29, 0.717) is 12.8 Å². The minimum absolute atomic E-state index is 0.0744. The van der Waals surface area contributed by atoms with Gasteiger partial charge in [-0.1, -0.05) is 62.4 Å². The molecule has 1 aromatic rings. The lowest BCUT2D eigenvalue weighted by atomic mass is 9.73. The first-order valence-corrected chi connectivity index (χ1v) is 13.9. The number of allylic oxidation sites excluding steroid dienone is 4. The van der Waals surface area contributed by atoms with Crippen molar-refractivity contribution in [3.63, 3.8) is 0 Å². The third-order valence-corrected chi connectivity index (χ3v) is 12.1. The zero-order valence-corrected chi connectivity index (χ0v) is 22.7. The summed E-state index contributed by atoms with van der Waals surface area (Å²) in [6, 6.07) is 8.86. The summed E-state index contributed by atoms with van der Waals surface area (Å²) in [4.78, 5) is -2.08. The SMILES string of the molecule is CCC(c1cccc(C(CC)C2C(Cl)C3(Cl)C=CC2(Cl)C3)c1)C1C(Cl)C2(Cl)C=CC1(Cl)C2. The van der Waals surface area contributed by atoms with Crippen LogP contribution in [0.5, 0.6) is 0 Å². The molecule has 2 saturated carbocycles. The van der Waals surface area contributed by atoms with Crippen LogP contribution in [0.1, 0.15) is 62.5 Å². The highest BCUT2D eigenvalue weighted by Gasteiger charge is 2.64. The maximum absolute atomic E-state index is 7.09. The summed E-state index contributed by atoms with van der Waals surface area (Å²) in [6.07, 6.45) is 11.4. The molecule has 0 aromatic heterocycles. The molecule has 2 fully saturated rings. The molecular weight excluding hydrogens is 525 g/mol. The van der Waals surface area contributed by atoms with E-state index in [1.165, 1.54) is 11.1 Å². The number of benzene rings is 1. The number of hydrogen-bond donors (Lipinski definition) is 0. The van der Waals surface area contributed by atoms with E-state index in [0.717, 1.165) is 12.8 Å². The van der Waals surface area contributed by atoms with Gasteiger partial charge >= 0.3 is 0 Å². The van der Waals surface area contributed by atoms with Crippen molar-refractivity contribution in [3.05, 3.63) is 59.7 Å². The zero-order valence-electron chi connectivity index (χ0n) is 18.2. The van der Waals surface area contributed by atoms with Gasteiger partial charge < -0.3 is 0 Å². The average Bonchev–Trinajstić information content (AvgIpc) is 3.37. The van der Waals surface area contributed by atoms with E-state index >= 15 is 0 Å². The molecule has 32 heavy (non-hydrogen) atoms. The Bertz CT molecular complexity index is 902. The van der Waals surface area contributed by atoms with Crippen molar-refractivity contribution < 1.29 is 0 Å². The smallest absolute Gasteiger partial charge is 0.0813 e. The molecule has 0 aliphatic heterocycles. The number of hydrogen-bond acceptors (Lipinski definition) is 0. The molecule has 5 rings (SSSR count). The zero-order chi connectivity index (χ0) is 23.1. The molecule has 0 saturated heterocycles. The molecule has 4 aliphatic rings. The first-order valence-electron chi connectivity index (χ1n) is 11.5. The second-order valence-corrected chi connectivity index (χ2v) is 14.0. The second kappa shape index (κ2) is 7.97. The lowest BCUT2D eigenvalue weighted by Gasteiger charge is -2.38. The Hall–Kier alpha value is 0.440. The molecule has 10 unspecified atom stereocenters. The normalized spacial score (nSPS) is 48.0. The first-order chi connectivity index (χ1) is 15.0. The average molecular weight is 553 g/mol. The number of rotatable bonds is 6. The summed E-state index contributed by atoms with van der Waals surface area (Å²) in [5.74, 6) is 0.582. The van der Waals surface area contributed by atoms with Crippen molar-refractivity contribution in [2.24, 2.45) is 11.8 Å². The highest BCUT2D eigenvalue weighted by atomic mass is 35.5. The molecule has 10 atom stereocenters. The fourth-order valence-corrected chi connectivity index (χ4v) is 10.4. The predicted molar refractivity (Wildman–Crippen MR) is 141 cm³/mol. The van der Waals surface area contributed by atoms with Crippen LogP contribution >= 0.6 is 69.6 Å². The minimum Gasteiger partial charge on any atom is -0.120 e. The summed E-state index contributed by atoms with van der Waals surface area (Å²) in [6.45, 7) is 4.41. The van der Waals surface area contributed by atoms with Crippen LogP contribution in [0.4, 0.5) is 0 Å². The summed E-state index contributed by atoms with van der Waals surface area (Å²) in [5.41, 5.74) is 2.52. The highest BCUT2D eigenvalue weighted by Crippen LogP contribution is 2.64. The standard InChI is InChI=1S/C26H28Cl6/c1-3-17(19-21(27)25(31)10-8-23(19,29)13-25)15-6-5-7-16(12-15)18(4-2)20-22(28)26(32)11-9-24(20,30)14-26/h5-12,17-22H,3-4,13-14H2,1-2H3. The summed E-state index contributed by atoms with van der Waals surface area (Å²) >= 11 is 41.7. The van der Waals surface area contributed by atoms with Gasteiger partial charge in [-0.2, -0.15) is 0 Å². The molecule has 0 heterocycles. The molecule has 0 spiro atoms. The summed E-state index contributed by atoms with van der Waals surface area (Å²) < 4.78 is 0. The topological polar surface area (TPSA) is 0 Å². The molecular formula is C26H28Cl6. The van der Waals surface area contributed by atoms with E-state index in [4.69, 9.17) is 69.6 Å². The Kier molecular flexibility index (Phi) is 6.02. The predicted octanol–water partition coefficient (Wildman–Crippen LogP) is 8.98. The van der Waals surface area contributed by atoms with Crippen molar-refractivity contribution in [2.45, 2.75) is 81.6 Å². The van der Waals surface area contributed by atoms with Crippen molar-refractivity contribution in [1.82, 2.24) is 0 Å². The van der Waals surface area contributed by atoms with Crippen molar-refractivity contribution in [2.75, 3.05) is 0 Å². The molecule has 174 valence electrons. The Morgan fingerprint density at radius 3 is 1.41 bits per heavy atom. The maximum Gasteiger partial charge on any atom is 0.0813 e. The Balaban J connectivity index is 1.49. The van der Waals surface area contributed by atoms with Crippen molar-refractivity contribution in [3.8, 4) is 0 Å². The molecule has 4 aliphatic carbocycles. The molecule has 0 amide bonds. The Morgan fingerprint density at radius 1 is 0.719 bits per heavy atom. The lowest BCUT2D eigenvalue weighted by molar-refractivity contribution is 0.373. The lowest BCUT2D eigenvalue weighted by Crippen LogP contribution is -2.38. The third kappa shape index (κ3) is 3.37. The molecule has 4 bridgehead atoms. The Labute approximate surface area is 221 Å². The molecule has 6 heteroatoms. The van der Waals surface area contributed by atoms with Gasteiger partial charge in [0.15, 0.2) is 0 Å². The van der Waals surface area contributed by atoms with E-state index in [2.05, 4.69) is 50.3 Å². The second-order valence-electron chi connectivity index (χ2n) is 10.3. The van der Waals surface area contributed by atoms with Crippen molar-refractivity contribution in [1.29, 1.82) is 0 Å². The summed E-state index contributed by atoms with van der Waals surface area (Å²) in [7, 11) is 0. The van der Waals surface area contributed by atoms with E-state index in [9.17, 15) is 0 Å². The fourth-order valence-electron chi connectivity index (χ4n) is 7.03. The van der Waals surface area contributed by atoms with Gasteiger partial charge in [-0.25, -0.2) is 0 Å². The van der Waals surface area contributed by atoms with Crippen LogP contribution < -0.4 is 0 Å². The van der Waals surface area contributed by atoms with Gasteiger partial charge in [-0.15, -0.1) is 69.6 Å². The van der Waals surface area contributed by atoms with Crippen molar-refractivity contribution >= 4 is 69.6 Å². The monoisotopic (exact) mass is 550 g/mol. The first kappa shape index (κ1) is 24.1. The largest absolute Gasteiger partial charge is 0.120 e. The Morgan fingerprint density at radius 2 is 1.09 bits per heavy atom. The van der Waals surface area contributed by atoms with Gasteiger partial charge in [0, 0.05) is 11.8 Å². The van der Waals surface area contributed by atoms with E-state index < -0.39 is 19.5 Å². The number of fused-ring (bicyclic) bond motifs is 4. The quantitative estimate of drug-likeness (QED) is 0.244. The number of halogens is 6. The van der Waals surface area contributed by atoms with Crippen LogP contribution in [0, 0.1) is 11.8 Å². The fraction of sp³-hybridized carbons (Fsp3) is 0.615. The van der Waals surface area contributed by atoms with E-state index in [-0.39, 0.29) is 34.4 Å². The summed E-state index contributed by atoms with van der Waals surface area (Å²) in [5, 5.41) is -0.403. The van der Waals surface area contributed by atoms with Crippen LogP contribution in [0.2, 0.25) is 0 Å². The van der Waals surface area contributed by atoms with Crippen LogP contribution in [0.25, 0.3) is 0 Å². The van der Waals surface area contributed by atoms with Gasteiger partial charge in [-0.3, -0.25) is 0 Å². The molecule has 0 N–H and O–H groups in total. The van der Waals surface area contributed by atoms with Gasteiger partial charge in [-0.05, 0) is 48.6 Å².